The predicted molar refractivity (Wildman–Crippen MR) is 66.3 cm³/mol. The van der Waals surface area contributed by atoms with Crippen LogP contribution in [0.4, 0.5) is 0 Å². The molecule has 0 aromatic carbocycles. The molecule has 1 aromatic rings. The van der Waals surface area contributed by atoms with E-state index in [1.165, 1.54) is 11.1 Å². The van der Waals surface area contributed by atoms with Gasteiger partial charge in [0, 0.05) is 6.20 Å². The lowest BCUT2D eigenvalue weighted by Gasteiger charge is -2.15. The molecule has 17 heavy (non-hydrogen) atoms. The van der Waals surface area contributed by atoms with E-state index in [1.807, 2.05) is 0 Å². The van der Waals surface area contributed by atoms with Gasteiger partial charge in [-0.25, -0.2) is 9.78 Å². The Morgan fingerprint density at radius 3 is 2.71 bits per heavy atom. The van der Waals surface area contributed by atoms with E-state index in [0.717, 1.165) is 19.3 Å². The number of rotatable bonds is 7. The van der Waals surface area contributed by atoms with Crippen LogP contribution in [0.5, 0.6) is 0 Å². The lowest BCUT2D eigenvalue weighted by atomic mass is 9.93. The fourth-order valence-corrected chi connectivity index (χ4v) is 1.71. The zero-order valence-corrected chi connectivity index (χ0v) is 10.9. The molecule has 0 aliphatic carbocycles. The van der Waals surface area contributed by atoms with E-state index in [9.17, 15) is 4.79 Å². The minimum Gasteiger partial charge on any atom is -0.336 e. The Labute approximate surface area is 103 Å². The molecule has 1 unspecified atom stereocenters. The highest BCUT2D eigenvalue weighted by atomic mass is 16.7. The monoisotopic (exact) mass is 238 g/mol. The van der Waals surface area contributed by atoms with E-state index in [1.54, 1.807) is 12.4 Å². The van der Waals surface area contributed by atoms with E-state index in [0.29, 0.717) is 18.3 Å². The molecule has 96 valence electrons. The number of hydrogen-bond acceptors (Lipinski definition) is 3. The topological polar surface area (TPSA) is 44.1 Å². The molecular weight excluding hydrogens is 216 g/mol. The molecule has 1 heterocycles. The minimum absolute atomic E-state index is 0.182. The van der Waals surface area contributed by atoms with Crippen LogP contribution < -0.4 is 4.84 Å². The SMILES string of the molecule is CCC(CCC(C)C)CC(=O)On1ccnc1. The molecule has 1 aromatic heterocycles. The highest BCUT2D eigenvalue weighted by Crippen LogP contribution is 2.18. The number of hydrogen-bond donors (Lipinski definition) is 0. The molecule has 0 saturated heterocycles. The number of imidazole rings is 1. The molecule has 4 heteroatoms. The van der Waals surface area contributed by atoms with Crippen LogP contribution in [0.3, 0.4) is 0 Å². The second-order valence-electron chi connectivity index (χ2n) is 4.84. The Morgan fingerprint density at radius 1 is 1.41 bits per heavy atom. The average molecular weight is 238 g/mol. The van der Waals surface area contributed by atoms with Crippen molar-refractivity contribution in [1.29, 1.82) is 0 Å². The first-order valence-corrected chi connectivity index (χ1v) is 6.31. The largest absolute Gasteiger partial charge is 0.336 e. The van der Waals surface area contributed by atoms with Crippen molar-refractivity contribution < 1.29 is 9.63 Å². The van der Waals surface area contributed by atoms with Gasteiger partial charge >= 0.3 is 5.97 Å². The Hall–Kier alpha value is -1.32. The van der Waals surface area contributed by atoms with E-state index < -0.39 is 0 Å². The molecule has 0 amide bonds. The van der Waals surface area contributed by atoms with Crippen molar-refractivity contribution in [2.45, 2.75) is 46.5 Å². The van der Waals surface area contributed by atoms with Gasteiger partial charge in [0.15, 0.2) is 0 Å². The first-order chi connectivity index (χ1) is 8.11. The van der Waals surface area contributed by atoms with Crippen molar-refractivity contribution in [3.8, 4) is 0 Å². The van der Waals surface area contributed by atoms with Gasteiger partial charge in [-0.3, -0.25) is 0 Å². The lowest BCUT2D eigenvalue weighted by Crippen LogP contribution is -2.21. The third kappa shape index (κ3) is 5.52. The molecule has 4 nitrogen and oxygen atoms in total. The zero-order chi connectivity index (χ0) is 12.7. The van der Waals surface area contributed by atoms with Crippen molar-refractivity contribution in [2.75, 3.05) is 0 Å². The molecule has 0 radical (unpaired) electrons. The van der Waals surface area contributed by atoms with Crippen molar-refractivity contribution in [2.24, 2.45) is 11.8 Å². The van der Waals surface area contributed by atoms with Crippen LogP contribution >= 0.6 is 0 Å². The van der Waals surface area contributed by atoms with Crippen LogP contribution in [0.2, 0.25) is 0 Å². The van der Waals surface area contributed by atoms with Crippen LogP contribution in [0.1, 0.15) is 46.5 Å². The Kier molecular flexibility index (Phi) is 5.73. The van der Waals surface area contributed by atoms with Crippen LogP contribution in [0.25, 0.3) is 0 Å². The van der Waals surface area contributed by atoms with Crippen LogP contribution in [-0.4, -0.2) is 15.7 Å². The summed E-state index contributed by atoms with van der Waals surface area (Å²) in [6, 6.07) is 0. The van der Waals surface area contributed by atoms with Crippen molar-refractivity contribution in [3.05, 3.63) is 18.7 Å². The van der Waals surface area contributed by atoms with Gasteiger partial charge in [0.25, 0.3) is 0 Å². The molecule has 1 atom stereocenters. The molecule has 0 bridgehead atoms. The quantitative estimate of drug-likeness (QED) is 0.733. The second-order valence-corrected chi connectivity index (χ2v) is 4.84. The highest BCUT2D eigenvalue weighted by molar-refractivity contribution is 5.69. The van der Waals surface area contributed by atoms with E-state index >= 15 is 0 Å². The first-order valence-electron chi connectivity index (χ1n) is 6.31. The zero-order valence-electron chi connectivity index (χ0n) is 10.9. The normalized spacial score (nSPS) is 12.7. The summed E-state index contributed by atoms with van der Waals surface area (Å²) in [5.74, 6) is 0.931. The van der Waals surface area contributed by atoms with Gasteiger partial charge in [-0.2, -0.15) is 4.73 Å². The fraction of sp³-hybridized carbons (Fsp3) is 0.692. The Morgan fingerprint density at radius 2 is 2.18 bits per heavy atom. The summed E-state index contributed by atoms with van der Waals surface area (Å²) in [4.78, 5) is 20.6. The third-order valence-electron chi connectivity index (χ3n) is 2.87. The number of aromatic nitrogens is 2. The van der Waals surface area contributed by atoms with Crippen LogP contribution in [0.15, 0.2) is 18.7 Å². The van der Waals surface area contributed by atoms with E-state index in [2.05, 4.69) is 25.8 Å². The maximum Gasteiger partial charge on any atom is 0.333 e. The fourth-order valence-electron chi connectivity index (χ4n) is 1.71. The average Bonchev–Trinajstić information content (AvgIpc) is 2.76. The number of nitrogens with zero attached hydrogens (tertiary/aromatic N) is 2. The molecule has 0 aliphatic rings. The number of carbonyl (C=O) groups excluding carboxylic acids is 1. The molecule has 1 rings (SSSR count). The molecule has 0 spiro atoms. The standard InChI is InChI=1S/C13H22N2O2/c1-4-12(6-5-11(2)3)9-13(16)17-15-8-7-14-10-15/h7-8,10-12H,4-6,9H2,1-3H3. The summed E-state index contributed by atoms with van der Waals surface area (Å²) >= 11 is 0. The lowest BCUT2D eigenvalue weighted by molar-refractivity contribution is -0.145. The van der Waals surface area contributed by atoms with Gasteiger partial charge < -0.3 is 4.84 Å². The third-order valence-corrected chi connectivity index (χ3v) is 2.87. The summed E-state index contributed by atoms with van der Waals surface area (Å²) in [5, 5.41) is 0. The molecule has 0 aliphatic heterocycles. The summed E-state index contributed by atoms with van der Waals surface area (Å²) in [7, 11) is 0. The van der Waals surface area contributed by atoms with Crippen molar-refractivity contribution in [1.82, 2.24) is 9.71 Å². The van der Waals surface area contributed by atoms with Gasteiger partial charge in [0.1, 0.15) is 6.33 Å². The van der Waals surface area contributed by atoms with E-state index in [4.69, 9.17) is 4.84 Å². The van der Waals surface area contributed by atoms with Gasteiger partial charge in [0.05, 0.1) is 12.6 Å². The van der Waals surface area contributed by atoms with Gasteiger partial charge in [-0.05, 0) is 18.3 Å². The summed E-state index contributed by atoms with van der Waals surface area (Å²) in [6.45, 7) is 6.53. The summed E-state index contributed by atoms with van der Waals surface area (Å²) in [6.07, 6.45) is 8.44. The molecule has 0 fully saturated rings. The second kappa shape index (κ2) is 7.09. The smallest absolute Gasteiger partial charge is 0.333 e. The summed E-state index contributed by atoms with van der Waals surface area (Å²) < 4.78 is 1.34. The Balaban J connectivity index is 2.32. The first kappa shape index (κ1) is 13.7. The summed E-state index contributed by atoms with van der Waals surface area (Å²) in [5.41, 5.74) is 0. The highest BCUT2D eigenvalue weighted by Gasteiger charge is 2.14. The van der Waals surface area contributed by atoms with Gasteiger partial charge in [-0.15, -0.1) is 0 Å². The maximum absolute atomic E-state index is 11.7. The van der Waals surface area contributed by atoms with E-state index in [-0.39, 0.29) is 5.97 Å². The molecule has 0 saturated carbocycles. The van der Waals surface area contributed by atoms with Crippen LogP contribution in [0, 0.1) is 11.8 Å². The Bertz CT molecular complexity index is 320. The van der Waals surface area contributed by atoms with Crippen molar-refractivity contribution >= 4 is 5.97 Å². The molecular formula is C13H22N2O2. The minimum atomic E-state index is -0.182. The number of carbonyl (C=O) groups is 1. The van der Waals surface area contributed by atoms with Crippen LogP contribution in [-0.2, 0) is 4.79 Å². The maximum atomic E-state index is 11.7. The van der Waals surface area contributed by atoms with Crippen molar-refractivity contribution in [3.63, 3.8) is 0 Å². The predicted octanol–water partition coefficient (Wildman–Crippen LogP) is 2.69. The van der Waals surface area contributed by atoms with Gasteiger partial charge in [-0.1, -0.05) is 33.6 Å². The van der Waals surface area contributed by atoms with Gasteiger partial charge in [0.2, 0.25) is 0 Å². The molecule has 0 N–H and O–H groups in total.